The Kier molecular flexibility index (Phi) is 4.20. The van der Waals surface area contributed by atoms with Gasteiger partial charge in [-0.05, 0) is 35.4 Å². The Morgan fingerprint density at radius 3 is 2.61 bits per heavy atom. The Bertz CT molecular complexity index is 543. The standard InChI is InChI=1S/C14H12BrFO2/c15-8-10-4-5-14(13(16)7-10)18-9-11-2-1-3-12(17)6-11/h1-7,17H,8-9H2. The van der Waals surface area contributed by atoms with Crippen molar-refractivity contribution in [1.82, 2.24) is 0 Å². The summed E-state index contributed by atoms with van der Waals surface area (Å²) in [6, 6.07) is 11.5. The van der Waals surface area contributed by atoms with Crippen molar-refractivity contribution >= 4 is 15.9 Å². The molecule has 2 rings (SSSR count). The molecule has 94 valence electrons. The summed E-state index contributed by atoms with van der Waals surface area (Å²) in [5.41, 5.74) is 1.65. The molecule has 0 bridgehead atoms. The predicted molar refractivity (Wildman–Crippen MR) is 71.5 cm³/mol. The lowest BCUT2D eigenvalue weighted by atomic mass is 10.2. The van der Waals surface area contributed by atoms with Crippen LogP contribution in [0.2, 0.25) is 0 Å². The average Bonchev–Trinajstić information content (AvgIpc) is 2.37. The number of aromatic hydroxyl groups is 1. The Morgan fingerprint density at radius 2 is 1.94 bits per heavy atom. The second-order valence-electron chi connectivity index (χ2n) is 3.86. The minimum absolute atomic E-state index is 0.172. The summed E-state index contributed by atoms with van der Waals surface area (Å²) in [4.78, 5) is 0. The van der Waals surface area contributed by atoms with Gasteiger partial charge in [-0.25, -0.2) is 4.39 Å². The van der Waals surface area contributed by atoms with Gasteiger partial charge < -0.3 is 9.84 Å². The van der Waals surface area contributed by atoms with E-state index >= 15 is 0 Å². The van der Waals surface area contributed by atoms with Crippen LogP contribution in [0.5, 0.6) is 11.5 Å². The molecule has 0 atom stereocenters. The van der Waals surface area contributed by atoms with Crippen LogP contribution in [-0.2, 0) is 11.9 Å². The normalized spacial score (nSPS) is 10.3. The number of alkyl halides is 1. The van der Waals surface area contributed by atoms with Crippen molar-refractivity contribution in [2.75, 3.05) is 0 Å². The largest absolute Gasteiger partial charge is 0.508 e. The van der Waals surface area contributed by atoms with E-state index in [0.717, 1.165) is 11.1 Å². The van der Waals surface area contributed by atoms with Crippen molar-refractivity contribution < 1.29 is 14.2 Å². The van der Waals surface area contributed by atoms with Gasteiger partial charge in [-0.2, -0.15) is 0 Å². The quantitative estimate of drug-likeness (QED) is 0.865. The number of hydrogen-bond donors (Lipinski definition) is 1. The number of phenols is 1. The Balaban J connectivity index is 2.06. The fourth-order valence-electron chi connectivity index (χ4n) is 1.55. The number of hydrogen-bond acceptors (Lipinski definition) is 2. The smallest absolute Gasteiger partial charge is 0.165 e. The molecule has 0 saturated carbocycles. The molecule has 0 radical (unpaired) electrons. The first-order valence-corrected chi connectivity index (χ1v) is 6.56. The highest BCUT2D eigenvalue weighted by Gasteiger charge is 2.05. The van der Waals surface area contributed by atoms with Crippen LogP contribution in [0.15, 0.2) is 42.5 Å². The lowest BCUT2D eigenvalue weighted by molar-refractivity contribution is 0.289. The molecular weight excluding hydrogens is 299 g/mol. The molecule has 0 aliphatic heterocycles. The molecule has 4 heteroatoms. The summed E-state index contributed by atoms with van der Waals surface area (Å²) >= 11 is 3.26. The van der Waals surface area contributed by atoms with Gasteiger partial charge in [0, 0.05) is 5.33 Å². The molecule has 0 fully saturated rings. The van der Waals surface area contributed by atoms with E-state index in [1.807, 2.05) is 6.07 Å². The minimum Gasteiger partial charge on any atom is -0.508 e. The highest BCUT2D eigenvalue weighted by atomic mass is 79.9. The van der Waals surface area contributed by atoms with Crippen molar-refractivity contribution in [3.63, 3.8) is 0 Å². The third-order valence-electron chi connectivity index (χ3n) is 2.46. The molecule has 0 heterocycles. The topological polar surface area (TPSA) is 29.5 Å². The minimum atomic E-state index is -0.382. The van der Waals surface area contributed by atoms with Crippen LogP contribution in [0.3, 0.4) is 0 Å². The first-order valence-electron chi connectivity index (χ1n) is 5.44. The molecule has 0 amide bonds. The molecule has 0 aromatic heterocycles. The van der Waals surface area contributed by atoms with Crippen molar-refractivity contribution in [3.05, 3.63) is 59.4 Å². The fourth-order valence-corrected chi connectivity index (χ4v) is 1.90. The van der Waals surface area contributed by atoms with Gasteiger partial charge in [-0.15, -0.1) is 0 Å². The van der Waals surface area contributed by atoms with Gasteiger partial charge >= 0.3 is 0 Å². The van der Waals surface area contributed by atoms with Gasteiger partial charge in [0.15, 0.2) is 11.6 Å². The second kappa shape index (κ2) is 5.87. The molecule has 2 aromatic carbocycles. The molecule has 0 aliphatic rings. The first kappa shape index (κ1) is 12.9. The highest BCUT2D eigenvalue weighted by Crippen LogP contribution is 2.21. The Hall–Kier alpha value is -1.55. The maximum Gasteiger partial charge on any atom is 0.165 e. The number of benzene rings is 2. The van der Waals surface area contributed by atoms with E-state index in [2.05, 4.69) is 15.9 Å². The van der Waals surface area contributed by atoms with E-state index in [1.165, 1.54) is 6.07 Å². The summed E-state index contributed by atoms with van der Waals surface area (Å²) in [6.07, 6.45) is 0. The molecule has 0 unspecified atom stereocenters. The van der Waals surface area contributed by atoms with Gasteiger partial charge in [0.1, 0.15) is 12.4 Å². The zero-order chi connectivity index (χ0) is 13.0. The summed E-state index contributed by atoms with van der Waals surface area (Å²) in [5.74, 6) is 0.00125. The lowest BCUT2D eigenvalue weighted by Gasteiger charge is -2.08. The lowest BCUT2D eigenvalue weighted by Crippen LogP contribution is -1.97. The van der Waals surface area contributed by atoms with Crippen molar-refractivity contribution in [1.29, 1.82) is 0 Å². The molecular formula is C14H12BrFO2. The van der Waals surface area contributed by atoms with Gasteiger partial charge in [0.2, 0.25) is 0 Å². The second-order valence-corrected chi connectivity index (χ2v) is 4.42. The predicted octanol–water partition coefficient (Wildman–Crippen LogP) is 4.01. The summed E-state index contributed by atoms with van der Waals surface area (Å²) in [7, 11) is 0. The van der Waals surface area contributed by atoms with E-state index < -0.39 is 0 Å². The molecule has 1 N–H and O–H groups in total. The maximum absolute atomic E-state index is 13.6. The van der Waals surface area contributed by atoms with Crippen LogP contribution >= 0.6 is 15.9 Å². The molecule has 2 aromatic rings. The van der Waals surface area contributed by atoms with Gasteiger partial charge in [0.05, 0.1) is 0 Å². The van der Waals surface area contributed by atoms with E-state index in [9.17, 15) is 9.50 Å². The van der Waals surface area contributed by atoms with E-state index in [4.69, 9.17) is 4.74 Å². The average molecular weight is 311 g/mol. The van der Waals surface area contributed by atoms with Crippen molar-refractivity contribution in [2.45, 2.75) is 11.9 Å². The molecule has 0 saturated heterocycles. The van der Waals surface area contributed by atoms with E-state index in [0.29, 0.717) is 5.33 Å². The summed E-state index contributed by atoms with van der Waals surface area (Å²) in [5, 5.41) is 9.91. The van der Waals surface area contributed by atoms with Crippen LogP contribution in [0.25, 0.3) is 0 Å². The third-order valence-corrected chi connectivity index (χ3v) is 3.10. The van der Waals surface area contributed by atoms with Crippen molar-refractivity contribution in [3.8, 4) is 11.5 Å². The number of halogens is 2. The van der Waals surface area contributed by atoms with Gasteiger partial charge in [0.25, 0.3) is 0 Å². The number of ether oxygens (including phenoxy) is 1. The van der Waals surface area contributed by atoms with Gasteiger partial charge in [-0.1, -0.05) is 34.1 Å². The summed E-state index contributed by atoms with van der Waals surface area (Å²) in [6.45, 7) is 0.221. The highest BCUT2D eigenvalue weighted by molar-refractivity contribution is 9.08. The number of phenolic OH excluding ortho intramolecular Hbond substituents is 1. The van der Waals surface area contributed by atoms with Crippen LogP contribution in [0, 0.1) is 5.82 Å². The summed E-state index contributed by atoms with van der Waals surface area (Å²) < 4.78 is 19.0. The molecule has 2 nitrogen and oxygen atoms in total. The third kappa shape index (κ3) is 3.23. The fraction of sp³-hybridized carbons (Fsp3) is 0.143. The maximum atomic E-state index is 13.6. The van der Waals surface area contributed by atoms with Gasteiger partial charge in [-0.3, -0.25) is 0 Å². The molecule has 18 heavy (non-hydrogen) atoms. The zero-order valence-electron chi connectivity index (χ0n) is 9.57. The molecule has 0 aliphatic carbocycles. The van der Waals surface area contributed by atoms with Crippen LogP contribution in [0.4, 0.5) is 4.39 Å². The Morgan fingerprint density at radius 1 is 1.11 bits per heavy atom. The van der Waals surface area contributed by atoms with Crippen molar-refractivity contribution in [2.24, 2.45) is 0 Å². The zero-order valence-corrected chi connectivity index (χ0v) is 11.2. The van der Waals surface area contributed by atoms with Crippen LogP contribution < -0.4 is 4.74 Å². The first-order chi connectivity index (χ1) is 8.69. The van der Waals surface area contributed by atoms with E-state index in [-0.39, 0.29) is 23.9 Å². The Labute approximate surface area is 113 Å². The van der Waals surface area contributed by atoms with Crippen LogP contribution in [-0.4, -0.2) is 5.11 Å². The SMILES string of the molecule is Oc1cccc(COc2ccc(CBr)cc2F)c1. The van der Waals surface area contributed by atoms with Crippen LogP contribution in [0.1, 0.15) is 11.1 Å². The van der Waals surface area contributed by atoms with E-state index in [1.54, 1.807) is 30.3 Å². The molecule has 0 spiro atoms. The monoisotopic (exact) mass is 310 g/mol. The number of rotatable bonds is 4.